The Morgan fingerprint density at radius 1 is 0.957 bits per heavy atom. The SMILES string of the molecule is NS(=O)(=O)CCNC(=O)C(NC(=O)c1ccc(C(F)(F)F)cc1)c1nc2ccc(-c3ccc(C(=O)N4CCOCC4)cc3)cc2s1. The number of carbonyl (C=O) groups is 3. The zero-order valence-corrected chi connectivity index (χ0v) is 25.7. The molecule has 4 aromatic rings. The normalized spacial score (nSPS) is 14.6. The molecule has 5 rings (SSSR count). The van der Waals surface area contributed by atoms with Gasteiger partial charge in [0.25, 0.3) is 11.8 Å². The minimum Gasteiger partial charge on any atom is -0.378 e. The average Bonchev–Trinajstić information content (AvgIpc) is 3.46. The summed E-state index contributed by atoms with van der Waals surface area (Å²) in [5.41, 5.74) is 1.61. The Morgan fingerprint density at radius 2 is 1.59 bits per heavy atom. The second-order valence-corrected chi connectivity index (χ2v) is 13.2. The highest BCUT2D eigenvalue weighted by molar-refractivity contribution is 7.89. The number of primary sulfonamides is 1. The molecule has 0 saturated carbocycles. The van der Waals surface area contributed by atoms with Crippen molar-refractivity contribution in [2.24, 2.45) is 5.14 Å². The van der Waals surface area contributed by atoms with E-state index in [1.807, 2.05) is 24.3 Å². The number of alkyl halides is 3. The summed E-state index contributed by atoms with van der Waals surface area (Å²) >= 11 is 1.10. The molecule has 4 N–H and O–H groups in total. The molecule has 1 aromatic heterocycles. The lowest BCUT2D eigenvalue weighted by Crippen LogP contribution is -2.42. The van der Waals surface area contributed by atoms with Crippen molar-refractivity contribution in [2.45, 2.75) is 12.2 Å². The minimum atomic E-state index is -4.59. The topological polar surface area (TPSA) is 161 Å². The monoisotopic (exact) mass is 675 g/mol. The number of carbonyl (C=O) groups excluding carboxylic acids is 3. The van der Waals surface area contributed by atoms with E-state index >= 15 is 0 Å². The van der Waals surface area contributed by atoms with Crippen molar-refractivity contribution < 1.29 is 40.7 Å². The lowest BCUT2D eigenvalue weighted by Gasteiger charge is -2.26. The predicted octanol–water partition coefficient (Wildman–Crippen LogP) is 3.33. The van der Waals surface area contributed by atoms with Crippen LogP contribution in [-0.4, -0.2) is 74.6 Å². The number of nitrogens with two attached hydrogens (primary N) is 1. The van der Waals surface area contributed by atoms with Crippen LogP contribution in [0.5, 0.6) is 0 Å². The van der Waals surface area contributed by atoms with Crippen LogP contribution in [0.3, 0.4) is 0 Å². The number of aromatic nitrogens is 1. The lowest BCUT2D eigenvalue weighted by atomic mass is 10.0. The summed E-state index contributed by atoms with van der Waals surface area (Å²) in [6.07, 6.45) is -4.59. The van der Waals surface area contributed by atoms with Gasteiger partial charge in [-0.1, -0.05) is 18.2 Å². The third-order valence-electron chi connectivity index (χ3n) is 7.11. The van der Waals surface area contributed by atoms with Crippen molar-refractivity contribution in [1.29, 1.82) is 0 Å². The molecule has 1 saturated heterocycles. The number of ether oxygens (including phenoxy) is 1. The number of nitrogens with zero attached hydrogens (tertiary/aromatic N) is 2. The molecule has 1 aliphatic heterocycles. The number of morpholine rings is 1. The summed E-state index contributed by atoms with van der Waals surface area (Å²) < 4.78 is 67.6. The lowest BCUT2D eigenvalue weighted by molar-refractivity contribution is -0.137. The maximum absolute atomic E-state index is 13.2. The third kappa shape index (κ3) is 8.06. The Balaban J connectivity index is 1.38. The Kier molecular flexibility index (Phi) is 9.71. The van der Waals surface area contributed by atoms with E-state index in [0.717, 1.165) is 46.7 Å². The maximum Gasteiger partial charge on any atom is 0.416 e. The van der Waals surface area contributed by atoms with E-state index in [-0.39, 0.29) is 23.0 Å². The molecule has 1 aliphatic rings. The van der Waals surface area contributed by atoms with Crippen molar-refractivity contribution in [1.82, 2.24) is 20.5 Å². The highest BCUT2D eigenvalue weighted by atomic mass is 32.2. The summed E-state index contributed by atoms with van der Waals surface area (Å²) in [5.74, 6) is -2.27. The number of hydrogen-bond acceptors (Lipinski definition) is 8. The maximum atomic E-state index is 13.2. The van der Waals surface area contributed by atoms with Gasteiger partial charge in [0.1, 0.15) is 5.01 Å². The molecule has 3 amide bonds. The number of hydrogen-bond donors (Lipinski definition) is 3. The van der Waals surface area contributed by atoms with E-state index < -0.39 is 45.4 Å². The average molecular weight is 676 g/mol. The van der Waals surface area contributed by atoms with Gasteiger partial charge in [0.2, 0.25) is 15.9 Å². The molecule has 1 fully saturated rings. The van der Waals surface area contributed by atoms with Gasteiger partial charge < -0.3 is 20.3 Å². The second kappa shape index (κ2) is 13.5. The van der Waals surface area contributed by atoms with Gasteiger partial charge in [0.05, 0.1) is 34.7 Å². The molecule has 16 heteroatoms. The van der Waals surface area contributed by atoms with Crippen LogP contribution in [-0.2, 0) is 25.7 Å². The number of halogens is 3. The van der Waals surface area contributed by atoms with E-state index in [1.54, 1.807) is 23.1 Å². The van der Waals surface area contributed by atoms with Crippen molar-refractivity contribution in [3.8, 4) is 11.1 Å². The molecule has 46 heavy (non-hydrogen) atoms. The predicted molar refractivity (Wildman–Crippen MR) is 164 cm³/mol. The van der Waals surface area contributed by atoms with E-state index in [1.165, 1.54) is 0 Å². The quantitative estimate of drug-likeness (QED) is 0.245. The number of thiazole rings is 1. The van der Waals surface area contributed by atoms with Crippen LogP contribution >= 0.6 is 11.3 Å². The van der Waals surface area contributed by atoms with Gasteiger partial charge in [-0.3, -0.25) is 14.4 Å². The fraction of sp³-hybridized carbons (Fsp3) is 0.267. The van der Waals surface area contributed by atoms with E-state index in [9.17, 15) is 36.0 Å². The smallest absolute Gasteiger partial charge is 0.378 e. The number of amides is 3. The van der Waals surface area contributed by atoms with Crippen LogP contribution in [0.25, 0.3) is 21.3 Å². The van der Waals surface area contributed by atoms with Crippen LogP contribution in [0, 0.1) is 0 Å². The zero-order chi connectivity index (χ0) is 33.1. The zero-order valence-electron chi connectivity index (χ0n) is 24.0. The number of benzene rings is 3. The first-order chi connectivity index (χ1) is 21.8. The summed E-state index contributed by atoms with van der Waals surface area (Å²) in [6, 6.07) is 14.6. The third-order valence-corrected chi connectivity index (χ3v) is 8.97. The number of fused-ring (bicyclic) bond motifs is 1. The van der Waals surface area contributed by atoms with Gasteiger partial charge in [-0.2, -0.15) is 13.2 Å². The Hall–Kier alpha value is -4.38. The molecule has 3 aromatic carbocycles. The van der Waals surface area contributed by atoms with Crippen molar-refractivity contribution in [2.75, 3.05) is 38.6 Å². The minimum absolute atomic E-state index is 0.0795. The Bertz CT molecular complexity index is 1860. The van der Waals surface area contributed by atoms with E-state index in [2.05, 4.69) is 15.6 Å². The highest BCUT2D eigenvalue weighted by Crippen LogP contribution is 2.32. The number of nitrogens with one attached hydrogen (secondary N) is 2. The summed E-state index contributed by atoms with van der Waals surface area (Å²) in [7, 11) is -3.89. The van der Waals surface area contributed by atoms with Crippen LogP contribution in [0.4, 0.5) is 13.2 Å². The van der Waals surface area contributed by atoms with Gasteiger partial charge in [0, 0.05) is 30.8 Å². The first-order valence-electron chi connectivity index (χ1n) is 13.9. The van der Waals surface area contributed by atoms with Crippen LogP contribution in [0.1, 0.15) is 37.3 Å². The molecule has 242 valence electrons. The number of sulfonamides is 1. The fourth-order valence-corrected chi connectivity index (χ4v) is 6.13. The van der Waals surface area contributed by atoms with Crippen LogP contribution in [0.2, 0.25) is 0 Å². The summed E-state index contributed by atoms with van der Waals surface area (Å²) in [5, 5.41) is 10.1. The Morgan fingerprint density at radius 3 is 2.22 bits per heavy atom. The first kappa shape index (κ1) is 33.0. The molecular weight excluding hydrogens is 647 g/mol. The largest absolute Gasteiger partial charge is 0.416 e. The molecule has 1 atom stereocenters. The van der Waals surface area contributed by atoms with Gasteiger partial charge in [-0.05, 0) is 59.7 Å². The van der Waals surface area contributed by atoms with Crippen molar-refractivity contribution in [3.63, 3.8) is 0 Å². The molecule has 2 heterocycles. The Labute approximate surface area is 265 Å². The standard InChI is InChI=1S/C30H28F3N5O6S2/c31-30(32,33)22-8-5-19(6-9-22)26(39)37-25(27(40)35-11-16-46(34,42)43)28-36-23-10-7-21(17-24(23)45-28)18-1-3-20(4-2-18)29(41)38-12-14-44-15-13-38/h1-10,17,25H,11-16H2,(H,35,40)(H,37,39)(H2,34,42,43). The molecule has 11 nitrogen and oxygen atoms in total. The van der Waals surface area contributed by atoms with Gasteiger partial charge in [0.15, 0.2) is 6.04 Å². The van der Waals surface area contributed by atoms with Crippen molar-refractivity contribution in [3.05, 3.63) is 88.4 Å². The van der Waals surface area contributed by atoms with Crippen molar-refractivity contribution >= 4 is 49.3 Å². The molecule has 0 bridgehead atoms. The highest BCUT2D eigenvalue weighted by Gasteiger charge is 2.31. The summed E-state index contributed by atoms with van der Waals surface area (Å²) in [4.78, 5) is 45.2. The van der Waals surface area contributed by atoms with Gasteiger partial charge in [-0.25, -0.2) is 18.5 Å². The van der Waals surface area contributed by atoms with Gasteiger partial charge >= 0.3 is 6.18 Å². The van der Waals surface area contributed by atoms with E-state index in [0.29, 0.717) is 42.1 Å². The molecule has 0 spiro atoms. The van der Waals surface area contributed by atoms with Crippen LogP contribution in [0.15, 0.2) is 66.7 Å². The van der Waals surface area contributed by atoms with Gasteiger partial charge in [-0.15, -0.1) is 11.3 Å². The van der Waals surface area contributed by atoms with Crippen LogP contribution < -0.4 is 15.8 Å². The molecular formula is C30H28F3N5O6S2. The second-order valence-electron chi connectivity index (χ2n) is 10.4. The number of rotatable bonds is 9. The molecule has 1 unspecified atom stereocenters. The summed E-state index contributed by atoms with van der Waals surface area (Å²) in [6.45, 7) is 1.71. The fourth-order valence-electron chi connectivity index (χ4n) is 4.68. The molecule has 0 aliphatic carbocycles. The van der Waals surface area contributed by atoms with E-state index in [4.69, 9.17) is 9.88 Å². The molecule has 0 radical (unpaired) electrons. The first-order valence-corrected chi connectivity index (χ1v) is 16.5.